The Kier molecular flexibility index (Phi) is 5.72. The minimum absolute atomic E-state index is 0.179. The first-order chi connectivity index (χ1) is 13.8. The van der Waals surface area contributed by atoms with E-state index in [0.29, 0.717) is 18.3 Å². The van der Waals surface area contributed by atoms with Crippen LogP contribution in [0.15, 0.2) is 48.9 Å². The maximum absolute atomic E-state index is 12.4. The Morgan fingerprint density at radius 1 is 1.18 bits per heavy atom. The van der Waals surface area contributed by atoms with E-state index < -0.39 is 0 Å². The second-order valence-electron chi connectivity index (χ2n) is 6.86. The van der Waals surface area contributed by atoms with Gasteiger partial charge in [-0.15, -0.1) is 0 Å². The van der Waals surface area contributed by atoms with Gasteiger partial charge in [-0.05, 0) is 43.0 Å². The molecule has 0 spiro atoms. The van der Waals surface area contributed by atoms with E-state index in [0.717, 1.165) is 54.8 Å². The molecule has 0 aliphatic carbocycles. The molecule has 0 radical (unpaired) electrons. The van der Waals surface area contributed by atoms with Gasteiger partial charge in [0.15, 0.2) is 0 Å². The topological polar surface area (TPSA) is 89.0 Å². The van der Waals surface area contributed by atoms with Gasteiger partial charge >= 0.3 is 0 Å². The molecular weight excluding hydrogens is 354 g/mol. The number of fused-ring (bicyclic) bond motifs is 1. The van der Waals surface area contributed by atoms with E-state index >= 15 is 0 Å². The summed E-state index contributed by atoms with van der Waals surface area (Å²) >= 11 is 0. The molecule has 3 aromatic rings. The minimum Gasteiger partial charge on any atom is -0.381 e. The number of nitrogens with one attached hydrogen (secondary N) is 2. The standard InChI is InChI=1S/C21H23N5O2/c27-21(23-9-5-15-2-1-8-22-13-15)18-4-3-16-14-24-20(12-19(16)26-18)25-17-6-10-28-11-7-17/h1-4,8,12-14,17H,5-7,9-11H2,(H,23,27)(H,24,25). The molecule has 28 heavy (non-hydrogen) atoms. The molecule has 0 saturated carbocycles. The van der Waals surface area contributed by atoms with Gasteiger partial charge < -0.3 is 15.4 Å². The summed E-state index contributed by atoms with van der Waals surface area (Å²) < 4.78 is 5.39. The number of pyridine rings is 3. The van der Waals surface area contributed by atoms with E-state index in [1.165, 1.54) is 0 Å². The van der Waals surface area contributed by atoms with Crippen LogP contribution in [0.5, 0.6) is 0 Å². The fourth-order valence-corrected chi connectivity index (χ4v) is 3.23. The number of amides is 1. The monoisotopic (exact) mass is 377 g/mol. The first-order valence-electron chi connectivity index (χ1n) is 9.56. The molecular formula is C21H23N5O2. The predicted molar refractivity (Wildman–Crippen MR) is 107 cm³/mol. The first kappa shape index (κ1) is 18.3. The summed E-state index contributed by atoms with van der Waals surface area (Å²) in [7, 11) is 0. The van der Waals surface area contributed by atoms with Gasteiger partial charge in [-0.2, -0.15) is 0 Å². The van der Waals surface area contributed by atoms with Crippen molar-refractivity contribution in [1.29, 1.82) is 0 Å². The second kappa shape index (κ2) is 8.75. The number of aromatic nitrogens is 3. The number of hydrogen-bond donors (Lipinski definition) is 2. The average molecular weight is 377 g/mol. The van der Waals surface area contributed by atoms with Crippen LogP contribution in [0.3, 0.4) is 0 Å². The molecule has 7 heteroatoms. The molecule has 7 nitrogen and oxygen atoms in total. The van der Waals surface area contributed by atoms with Gasteiger partial charge in [0.1, 0.15) is 11.5 Å². The molecule has 4 heterocycles. The van der Waals surface area contributed by atoms with Gasteiger partial charge in [-0.25, -0.2) is 9.97 Å². The SMILES string of the molecule is O=C(NCCc1cccnc1)c1ccc2cnc(NC3CCOCC3)cc2n1. The van der Waals surface area contributed by atoms with Gasteiger partial charge in [-0.3, -0.25) is 9.78 Å². The lowest BCUT2D eigenvalue weighted by Gasteiger charge is -2.23. The van der Waals surface area contributed by atoms with Gasteiger partial charge in [0.2, 0.25) is 0 Å². The zero-order valence-electron chi connectivity index (χ0n) is 15.6. The first-order valence-corrected chi connectivity index (χ1v) is 9.56. The lowest BCUT2D eigenvalue weighted by Crippen LogP contribution is -2.28. The molecule has 144 valence electrons. The Bertz CT molecular complexity index is 942. The van der Waals surface area contributed by atoms with Crippen LogP contribution >= 0.6 is 0 Å². The molecule has 0 unspecified atom stereocenters. The van der Waals surface area contributed by atoms with Crippen molar-refractivity contribution in [3.05, 3.63) is 60.2 Å². The van der Waals surface area contributed by atoms with Crippen molar-refractivity contribution in [1.82, 2.24) is 20.3 Å². The number of carbonyl (C=O) groups is 1. The third-order valence-electron chi connectivity index (χ3n) is 4.80. The van der Waals surface area contributed by atoms with Gasteiger partial charge in [0.25, 0.3) is 5.91 Å². The number of hydrogen-bond acceptors (Lipinski definition) is 6. The molecule has 1 fully saturated rings. The third-order valence-corrected chi connectivity index (χ3v) is 4.80. The van der Waals surface area contributed by atoms with Crippen LogP contribution < -0.4 is 10.6 Å². The molecule has 0 atom stereocenters. The van der Waals surface area contributed by atoms with Crippen LogP contribution in [0.2, 0.25) is 0 Å². The van der Waals surface area contributed by atoms with E-state index in [1.807, 2.05) is 24.3 Å². The Morgan fingerprint density at radius 3 is 2.89 bits per heavy atom. The van der Waals surface area contributed by atoms with E-state index in [4.69, 9.17) is 4.74 Å². The Balaban J connectivity index is 1.41. The summed E-state index contributed by atoms with van der Waals surface area (Å²) in [5, 5.41) is 7.26. The molecule has 4 rings (SSSR count). The summed E-state index contributed by atoms with van der Waals surface area (Å²) in [5.41, 5.74) is 2.25. The highest BCUT2D eigenvalue weighted by molar-refractivity contribution is 5.95. The van der Waals surface area contributed by atoms with Crippen molar-refractivity contribution in [2.75, 3.05) is 25.1 Å². The van der Waals surface area contributed by atoms with Crippen LogP contribution in [0.25, 0.3) is 10.9 Å². The number of anilines is 1. The Labute approximate surface area is 163 Å². The normalized spacial score (nSPS) is 14.7. The van der Waals surface area contributed by atoms with Crippen LogP contribution in [0.1, 0.15) is 28.9 Å². The molecule has 1 aliphatic rings. The third kappa shape index (κ3) is 4.61. The Hall–Kier alpha value is -3.06. The number of rotatable bonds is 6. The summed E-state index contributed by atoms with van der Waals surface area (Å²) in [4.78, 5) is 25.5. The second-order valence-corrected chi connectivity index (χ2v) is 6.86. The number of carbonyl (C=O) groups excluding carboxylic acids is 1. The summed E-state index contributed by atoms with van der Waals surface area (Å²) in [5.74, 6) is 0.600. The van der Waals surface area contributed by atoms with Crippen molar-refractivity contribution < 1.29 is 9.53 Å². The van der Waals surface area contributed by atoms with Crippen LogP contribution in [-0.2, 0) is 11.2 Å². The highest BCUT2D eigenvalue weighted by Gasteiger charge is 2.14. The smallest absolute Gasteiger partial charge is 0.269 e. The van der Waals surface area contributed by atoms with Crippen molar-refractivity contribution in [2.45, 2.75) is 25.3 Å². The van der Waals surface area contributed by atoms with Crippen LogP contribution in [-0.4, -0.2) is 46.7 Å². The predicted octanol–water partition coefficient (Wildman–Crippen LogP) is 2.59. The van der Waals surface area contributed by atoms with Gasteiger partial charge in [-0.1, -0.05) is 6.07 Å². The summed E-state index contributed by atoms with van der Waals surface area (Å²) in [6, 6.07) is 9.75. The quantitative estimate of drug-likeness (QED) is 0.686. The minimum atomic E-state index is -0.179. The molecule has 1 saturated heterocycles. The largest absolute Gasteiger partial charge is 0.381 e. The molecule has 1 amide bonds. The molecule has 2 N–H and O–H groups in total. The van der Waals surface area contributed by atoms with Crippen molar-refractivity contribution in [3.63, 3.8) is 0 Å². The number of nitrogens with zero attached hydrogens (tertiary/aromatic N) is 3. The van der Waals surface area contributed by atoms with E-state index in [2.05, 4.69) is 25.6 Å². The highest BCUT2D eigenvalue weighted by Crippen LogP contribution is 2.18. The number of ether oxygens (including phenoxy) is 1. The molecule has 0 aromatic carbocycles. The van der Waals surface area contributed by atoms with E-state index in [-0.39, 0.29) is 5.91 Å². The Morgan fingerprint density at radius 2 is 2.07 bits per heavy atom. The zero-order chi connectivity index (χ0) is 19.2. The molecule has 3 aromatic heterocycles. The average Bonchev–Trinajstić information content (AvgIpc) is 2.74. The van der Waals surface area contributed by atoms with Crippen LogP contribution in [0, 0.1) is 0 Å². The zero-order valence-corrected chi connectivity index (χ0v) is 15.6. The molecule has 0 bridgehead atoms. The lowest BCUT2D eigenvalue weighted by atomic mass is 10.1. The van der Waals surface area contributed by atoms with Crippen molar-refractivity contribution in [3.8, 4) is 0 Å². The highest BCUT2D eigenvalue weighted by atomic mass is 16.5. The maximum Gasteiger partial charge on any atom is 0.269 e. The van der Waals surface area contributed by atoms with Gasteiger partial charge in [0, 0.05) is 55.8 Å². The summed E-state index contributed by atoms with van der Waals surface area (Å²) in [6.07, 6.45) is 7.99. The van der Waals surface area contributed by atoms with E-state index in [9.17, 15) is 4.79 Å². The van der Waals surface area contributed by atoms with E-state index in [1.54, 1.807) is 24.7 Å². The van der Waals surface area contributed by atoms with Crippen molar-refractivity contribution >= 4 is 22.6 Å². The molecule has 1 aliphatic heterocycles. The summed E-state index contributed by atoms with van der Waals surface area (Å²) in [6.45, 7) is 2.08. The fourth-order valence-electron chi connectivity index (χ4n) is 3.23. The van der Waals surface area contributed by atoms with Crippen molar-refractivity contribution in [2.24, 2.45) is 0 Å². The van der Waals surface area contributed by atoms with Gasteiger partial charge in [0.05, 0.1) is 5.52 Å². The van der Waals surface area contributed by atoms with Crippen LogP contribution in [0.4, 0.5) is 5.82 Å². The lowest BCUT2D eigenvalue weighted by molar-refractivity contribution is 0.0903. The fraction of sp³-hybridized carbons (Fsp3) is 0.333. The maximum atomic E-state index is 12.4.